The normalized spacial score (nSPS) is 11.8. The number of benzene rings is 1. The number of carbonyl (C=O) groups excluding carboxylic acids is 1. The number of carbonyl (C=O) groups is 2. The summed E-state index contributed by atoms with van der Waals surface area (Å²) in [6, 6.07) is 12.3. The Morgan fingerprint density at radius 2 is 1.68 bits per heavy atom. The third-order valence-corrected chi connectivity index (χ3v) is 5.61. The van der Waals surface area contributed by atoms with Crippen LogP contribution in [0.2, 0.25) is 0 Å². The molecule has 2 aromatic heterocycles. The Labute approximate surface area is 202 Å². The highest BCUT2D eigenvalue weighted by molar-refractivity contribution is 5.81. The zero-order valence-electron chi connectivity index (χ0n) is 21.2. The molecule has 0 aliphatic heterocycles. The molecule has 3 rings (SSSR count). The van der Waals surface area contributed by atoms with Crippen LogP contribution in [0.15, 0.2) is 42.6 Å². The number of aliphatic carboxylic acids is 1. The van der Waals surface area contributed by atoms with Gasteiger partial charge >= 0.3 is 5.97 Å². The minimum Gasteiger partial charge on any atom is -0.481 e. The predicted molar refractivity (Wildman–Crippen MR) is 137 cm³/mol. The van der Waals surface area contributed by atoms with Crippen molar-refractivity contribution in [2.75, 3.05) is 20.6 Å². The average molecular weight is 467 g/mol. The number of imidazole rings is 1. The second-order valence-electron chi connectivity index (χ2n) is 9.50. The van der Waals surface area contributed by atoms with Gasteiger partial charge in [0.05, 0.1) is 17.8 Å². The summed E-state index contributed by atoms with van der Waals surface area (Å²) in [6.45, 7) is 8.73. The first-order valence-corrected chi connectivity index (χ1v) is 11.7. The molecule has 1 amide bonds. The summed E-state index contributed by atoms with van der Waals surface area (Å²) in [7, 11) is 3.56. The third-order valence-electron chi connectivity index (χ3n) is 5.61. The van der Waals surface area contributed by atoms with Gasteiger partial charge in [-0.15, -0.1) is 0 Å². The van der Waals surface area contributed by atoms with E-state index in [9.17, 15) is 9.59 Å². The predicted octanol–water partition coefficient (Wildman–Crippen LogP) is 4.33. The highest BCUT2D eigenvalue weighted by Gasteiger charge is 2.18. The molecule has 7 nitrogen and oxygen atoms in total. The standard InChI is InChI=1S/C19H21N3O.C8H17NO2/c1-13-5-8-15(9-6-13)19-16(11-18(23)21(3)4)22-12-14(2)7-10-17(22)20-19;1-6(2)3-7(5-9)4-8(10)11/h5-10,12H,11H2,1-4H3;6-7H,3-5,9H2,1-2H3,(H,10,11)/t;7-/m.0/s1. The van der Waals surface area contributed by atoms with Crippen molar-refractivity contribution in [3.63, 3.8) is 0 Å². The second-order valence-corrected chi connectivity index (χ2v) is 9.50. The van der Waals surface area contributed by atoms with Crippen molar-refractivity contribution in [2.45, 2.75) is 47.0 Å². The van der Waals surface area contributed by atoms with Crippen LogP contribution in [0, 0.1) is 25.7 Å². The number of hydrogen-bond donors (Lipinski definition) is 2. The van der Waals surface area contributed by atoms with E-state index in [1.807, 2.05) is 29.7 Å². The number of aromatic nitrogens is 2. The summed E-state index contributed by atoms with van der Waals surface area (Å²) in [6.07, 6.45) is 3.48. The molecular formula is C27H38N4O3. The van der Waals surface area contributed by atoms with Crippen LogP contribution < -0.4 is 5.73 Å². The van der Waals surface area contributed by atoms with Crippen LogP contribution >= 0.6 is 0 Å². The molecule has 184 valence electrons. The van der Waals surface area contributed by atoms with E-state index < -0.39 is 5.97 Å². The molecular weight excluding hydrogens is 428 g/mol. The summed E-state index contributed by atoms with van der Waals surface area (Å²) < 4.78 is 2.03. The van der Waals surface area contributed by atoms with Crippen LogP contribution in [0.25, 0.3) is 16.9 Å². The Morgan fingerprint density at radius 1 is 1.06 bits per heavy atom. The van der Waals surface area contributed by atoms with E-state index in [1.54, 1.807) is 19.0 Å². The molecule has 0 radical (unpaired) electrons. The van der Waals surface area contributed by atoms with Gasteiger partial charge in [0.1, 0.15) is 5.65 Å². The van der Waals surface area contributed by atoms with Gasteiger partial charge in [-0.3, -0.25) is 9.59 Å². The number of nitrogens with two attached hydrogens (primary N) is 1. The lowest BCUT2D eigenvalue weighted by Gasteiger charge is -2.13. The average Bonchev–Trinajstić information content (AvgIpc) is 3.11. The Balaban J connectivity index is 0.000000316. The minimum absolute atomic E-state index is 0.0710. The number of carboxylic acid groups (broad SMARTS) is 1. The molecule has 0 saturated heterocycles. The van der Waals surface area contributed by atoms with Crippen molar-refractivity contribution >= 4 is 17.5 Å². The molecule has 0 fully saturated rings. The third kappa shape index (κ3) is 7.70. The van der Waals surface area contributed by atoms with Gasteiger partial charge < -0.3 is 20.1 Å². The summed E-state index contributed by atoms with van der Waals surface area (Å²) >= 11 is 0. The number of nitrogens with zero attached hydrogens (tertiary/aromatic N) is 3. The molecule has 1 aromatic carbocycles. The quantitative estimate of drug-likeness (QED) is 0.515. The smallest absolute Gasteiger partial charge is 0.303 e. The maximum Gasteiger partial charge on any atom is 0.303 e. The topological polar surface area (TPSA) is 101 Å². The minimum atomic E-state index is -0.749. The van der Waals surface area contributed by atoms with Gasteiger partial charge in [0.15, 0.2) is 0 Å². The largest absolute Gasteiger partial charge is 0.481 e. The molecule has 0 aliphatic rings. The van der Waals surface area contributed by atoms with Crippen LogP contribution in [-0.2, 0) is 16.0 Å². The Hall–Kier alpha value is -3.19. The molecule has 7 heteroatoms. The molecule has 0 saturated carbocycles. The summed E-state index contributed by atoms with van der Waals surface area (Å²) in [4.78, 5) is 28.9. The fourth-order valence-electron chi connectivity index (χ4n) is 3.79. The Morgan fingerprint density at radius 3 is 2.21 bits per heavy atom. The number of carboxylic acids is 1. The van der Waals surface area contributed by atoms with Gasteiger partial charge in [-0.1, -0.05) is 49.7 Å². The van der Waals surface area contributed by atoms with Gasteiger partial charge in [-0.25, -0.2) is 4.98 Å². The first-order chi connectivity index (χ1) is 16.0. The molecule has 0 aliphatic carbocycles. The number of fused-ring (bicyclic) bond motifs is 1. The number of likely N-dealkylation sites (N-methyl/N-ethyl adjacent to an activating group) is 1. The first kappa shape index (κ1) is 27.1. The highest BCUT2D eigenvalue weighted by Crippen LogP contribution is 2.26. The molecule has 3 aromatic rings. The monoisotopic (exact) mass is 466 g/mol. The Bertz CT molecular complexity index is 1100. The number of hydrogen-bond acceptors (Lipinski definition) is 4. The number of amides is 1. The summed E-state index contributed by atoms with van der Waals surface area (Å²) in [5.41, 5.74) is 11.5. The van der Waals surface area contributed by atoms with E-state index in [0.717, 1.165) is 34.6 Å². The molecule has 0 unspecified atom stereocenters. The van der Waals surface area contributed by atoms with E-state index in [1.165, 1.54) is 5.56 Å². The van der Waals surface area contributed by atoms with Crippen LogP contribution in [0.1, 0.15) is 43.5 Å². The fourth-order valence-corrected chi connectivity index (χ4v) is 3.79. The van der Waals surface area contributed by atoms with E-state index in [2.05, 4.69) is 45.0 Å². The van der Waals surface area contributed by atoms with Crippen LogP contribution in [0.3, 0.4) is 0 Å². The first-order valence-electron chi connectivity index (χ1n) is 11.7. The lowest BCUT2D eigenvalue weighted by Crippen LogP contribution is -2.24. The van der Waals surface area contributed by atoms with Crippen molar-refractivity contribution in [3.8, 4) is 11.3 Å². The number of aryl methyl sites for hydroxylation is 2. The lowest BCUT2D eigenvalue weighted by molar-refractivity contribution is -0.138. The van der Waals surface area contributed by atoms with Gasteiger partial charge in [0.2, 0.25) is 5.91 Å². The molecule has 34 heavy (non-hydrogen) atoms. The van der Waals surface area contributed by atoms with Gasteiger partial charge in [0, 0.05) is 32.3 Å². The lowest BCUT2D eigenvalue weighted by atomic mass is 9.94. The van der Waals surface area contributed by atoms with Gasteiger partial charge in [-0.2, -0.15) is 0 Å². The highest BCUT2D eigenvalue weighted by atomic mass is 16.4. The SMILES string of the molecule is CC(C)C[C@H](CN)CC(=O)O.Cc1ccc(-c2nc3ccc(C)cn3c2CC(=O)N(C)C)cc1. The molecule has 1 atom stereocenters. The molecule has 0 bridgehead atoms. The number of pyridine rings is 1. The van der Waals surface area contributed by atoms with Crippen LogP contribution in [0.4, 0.5) is 0 Å². The van der Waals surface area contributed by atoms with Crippen molar-refractivity contribution in [1.82, 2.24) is 14.3 Å². The van der Waals surface area contributed by atoms with E-state index in [-0.39, 0.29) is 18.2 Å². The summed E-state index contributed by atoms with van der Waals surface area (Å²) in [5.74, 6) is -0.00170. The van der Waals surface area contributed by atoms with E-state index in [0.29, 0.717) is 18.9 Å². The van der Waals surface area contributed by atoms with E-state index in [4.69, 9.17) is 15.8 Å². The summed E-state index contributed by atoms with van der Waals surface area (Å²) in [5, 5.41) is 8.47. The molecule has 0 spiro atoms. The number of rotatable bonds is 8. The van der Waals surface area contributed by atoms with Gasteiger partial charge in [-0.05, 0) is 50.3 Å². The maximum atomic E-state index is 12.3. The molecule has 2 heterocycles. The van der Waals surface area contributed by atoms with Crippen LogP contribution in [0.5, 0.6) is 0 Å². The zero-order valence-corrected chi connectivity index (χ0v) is 21.2. The maximum absolute atomic E-state index is 12.3. The van der Waals surface area contributed by atoms with E-state index >= 15 is 0 Å². The molecule has 3 N–H and O–H groups in total. The van der Waals surface area contributed by atoms with Crippen molar-refractivity contribution < 1.29 is 14.7 Å². The van der Waals surface area contributed by atoms with Crippen molar-refractivity contribution in [2.24, 2.45) is 17.6 Å². The van der Waals surface area contributed by atoms with Gasteiger partial charge in [0.25, 0.3) is 0 Å². The van der Waals surface area contributed by atoms with Crippen LogP contribution in [-0.4, -0.2) is 51.9 Å². The van der Waals surface area contributed by atoms with Crippen molar-refractivity contribution in [3.05, 3.63) is 59.4 Å². The fraction of sp³-hybridized carbons (Fsp3) is 0.444. The zero-order chi connectivity index (χ0) is 25.4. The Kier molecular flexibility index (Phi) is 9.81. The van der Waals surface area contributed by atoms with Crippen molar-refractivity contribution in [1.29, 1.82) is 0 Å². The second kappa shape index (κ2) is 12.3.